The predicted molar refractivity (Wildman–Crippen MR) is 111 cm³/mol. The highest BCUT2D eigenvalue weighted by Crippen LogP contribution is 2.20. The van der Waals surface area contributed by atoms with Gasteiger partial charge in [-0.25, -0.2) is 5.43 Å². The summed E-state index contributed by atoms with van der Waals surface area (Å²) in [4.78, 5) is 26.0. The van der Waals surface area contributed by atoms with Gasteiger partial charge < -0.3 is 15.5 Å². The van der Waals surface area contributed by atoms with Crippen LogP contribution in [-0.4, -0.2) is 39.8 Å². The Morgan fingerprint density at radius 2 is 1.76 bits per heavy atom. The lowest BCUT2D eigenvalue weighted by Gasteiger charge is -2.29. The zero-order valence-electron chi connectivity index (χ0n) is 17.1. The van der Waals surface area contributed by atoms with E-state index in [9.17, 15) is 19.8 Å². The van der Waals surface area contributed by atoms with Gasteiger partial charge >= 0.3 is 0 Å². The van der Waals surface area contributed by atoms with E-state index in [0.29, 0.717) is 17.5 Å². The molecule has 0 aliphatic carbocycles. The summed E-state index contributed by atoms with van der Waals surface area (Å²) < 4.78 is 0. The van der Waals surface area contributed by atoms with E-state index < -0.39 is 18.7 Å². The summed E-state index contributed by atoms with van der Waals surface area (Å²) in [7, 11) is 0. The van der Waals surface area contributed by atoms with Gasteiger partial charge in [-0.15, -0.1) is 0 Å². The maximum Gasteiger partial charge on any atom is 0.259 e. The molecular formula is C22H29N3O4. The van der Waals surface area contributed by atoms with Crippen molar-refractivity contribution in [2.45, 2.75) is 39.8 Å². The molecular weight excluding hydrogens is 370 g/mol. The first-order chi connectivity index (χ1) is 13.8. The minimum atomic E-state index is -0.785. The van der Waals surface area contributed by atoms with Crippen molar-refractivity contribution < 1.29 is 19.8 Å². The third kappa shape index (κ3) is 6.30. The fourth-order valence-corrected chi connectivity index (χ4v) is 3.05. The van der Waals surface area contributed by atoms with E-state index in [-0.39, 0.29) is 24.1 Å². The maximum atomic E-state index is 13.2. The normalized spacial score (nSPS) is 11.9. The predicted octanol–water partition coefficient (Wildman–Crippen LogP) is 2.33. The molecule has 2 aromatic carbocycles. The highest BCUT2D eigenvalue weighted by Gasteiger charge is 2.28. The zero-order valence-corrected chi connectivity index (χ0v) is 17.1. The summed E-state index contributed by atoms with van der Waals surface area (Å²) >= 11 is 0. The van der Waals surface area contributed by atoms with Crippen LogP contribution in [0.4, 0.5) is 0 Å². The molecule has 0 aliphatic rings. The van der Waals surface area contributed by atoms with E-state index in [4.69, 9.17) is 0 Å². The molecule has 0 aromatic heterocycles. The van der Waals surface area contributed by atoms with Crippen LogP contribution in [0.5, 0.6) is 5.75 Å². The lowest BCUT2D eigenvalue weighted by atomic mass is 10.0. The second-order valence-corrected chi connectivity index (χ2v) is 7.33. The first-order valence-electron chi connectivity index (χ1n) is 9.62. The van der Waals surface area contributed by atoms with E-state index in [1.54, 1.807) is 19.1 Å². The van der Waals surface area contributed by atoms with Gasteiger partial charge in [-0.1, -0.05) is 50.2 Å². The van der Waals surface area contributed by atoms with Crippen molar-refractivity contribution in [3.63, 3.8) is 0 Å². The van der Waals surface area contributed by atoms with Crippen LogP contribution in [-0.2, 0) is 11.3 Å². The molecule has 0 bridgehead atoms. The number of carbonyl (C=O) groups excluding carboxylic acids is 2. The van der Waals surface area contributed by atoms with Crippen molar-refractivity contribution >= 4 is 11.8 Å². The van der Waals surface area contributed by atoms with Crippen molar-refractivity contribution in [3.05, 3.63) is 65.2 Å². The number of rotatable bonds is 9. The molecule has 29 heavy (non-hydrogen) atoms. The van der Waals surface area contributed by atoms with Crippen LogP contribution in [0.3, 0.4) is 0 Å². The van der Waals surface area contributed by atoms with E-state index in [2.05, 4.69) is 10.7 Å². The number of aliphatic hydroxyl groups excluding tert-OH is 1. The van der Waals surface area contributed by atoms with E-state index >= 15 is 0 Å². The largest absolute Gasteiger partial charge is 0.508 e. The van der Waals surface area contributed by atoms with Gasteiger partial charge in [0.2, 0.25) is 0 Å². The fraction of sp³-hybridized carbons (Fsp3) is 0.364. The Hall–Kier alpha value is -2.90. The van der Waals surface area contributed by atoms with Crippen LogP contribution in [0.25, 0.3) is 0 Å². The number of hydrogen-bond donors (Lipinski definition) is 4. The number of benzene rings is 2. The number of amides is 2. The second-order valence-electron chi connectivity index (χ2n) is 7.33. The van der Waals surface area contributed by atoms with Gasteiger partial charge in [-0.3, -0.25) is 14.6 Å². The number of hydrazine groups is 1. The number of phenols is 1. The molecule has 2 amide bonds. The average molecular weight is 399 g/mol. The van der Waals surface area contributed by atoms with Crippen LogP contribution in [0, 0.1) is 12.8 Å². The number of aromatic hydroxyl groups is 1. The molecule has 1 atom stereocenters. The Kier molecular flexibility index (Phi) is 8.18. The van der Waals surface area contributed by atoms with Gasteiger partial charge in [0.25, 0.3) is 11.8 Å². The van der Waals surface area contributed by atoms with Crippen LogP contribution >= 0.6 is 0 Å². The number of aliphatic hydroxyl groups is 1. The molecule has 0 unspecified atom stereocenters. The first kappa shape index (κ1) is 22.4. The molecule has 156 valence electrons. The Bertz CT molecular complexity index is 824. The Morgan fingerprint density at radius 3 is 2.38 bits per heavy atom. The molecule has 0 radical (unpaired) electrons. The summed E-state index contributed by atoms with van der Waals surface area (Å²) in [6.45, 7) is 5.42. The molecule has 0 saturated heterocycles. The molecule has 7 nitrogen and oxygen atoms in total. The number of carbonyl (C=O) groups is 2. The Balaban J connectivity index is 2.22. The molecule has 0 spiro atoms. The quantitative estimate of drug-likeness (QED) is 0.383. The molecule has 0 heterocycles. The average Bonchev–Trinajstić information content (AvgIpc) is 2.69. The first-order valence-corrected chi connectivity index (χ1v) is 9.62. The number of phenolic OH excluding ortho intramolecular Hbond substituents is 1. The van der Waals surface area contributed by atoms with Gasteiger partial charge in [0.1, 0.15) is 18.5 Å². The van der Waals surface area contributed by atoms with Crippen molar-refractivity contribution in [1.29, 1.82) is 0 Å². The molecule has 7 heteroatoms. The highest BCUT2D eigenvalue weighted by atomic mass is 16.3. The summed E-state index contributed by atoms with van der Waals surface area (Å²) in [5, 5.41) is 23.3. The van der Waals surface area contributed by atoms with Crippen LogP contribution in [0.2, 0.25) is 0 Å². The molecule has 2 aromatic rings. The van der Waals surface area contributed by atoms with Crippen molar-refractivity contribution in [3.8, 4) is 5.75 Å². The lowest BCUT2D eigenvalue weighted by molar-refractivity contribution is -0.139. The van der Waals surface area contributed by atoms with Gasteiger partial charge in [0.15, 0.2) is 0 Å². The molecule has 2 rings (SSSR count). The van der Waals surface area contributed by atoms with Crippen LogP contribution < -0.4 is 10.7 Å². The topological polar surface area (TPSA) is 102 Å². The van der Waals surface area contributed by atoms with Crippen molar-refractivity contribution in [1.82, 2.24) is 15.8 Å². The van der Waals surface area contributed by atoms with Crippen LogP contribution in [0.15, 0.2) is 48.5 Å². The molecule has 0 saturated carbocycles. The summed E-state index contributed by atoms with van der Waals surface area (Å²) in [5.41, 5.74) is 4.33. The maximum absolute atomic E-state index is 13.2. The summed E-state index contributed by atoms with van der Waals surface area (Å²) in [6, 6.07) is 13.3. The monoisotopic (exact) mass is 399 g/mol. The third-order valence-corrected chi connectivity index (χ3v) is 4.57. The van der Waals surface area contributed by atoms with Gasteiger partial charge in [0, 0.05) is 11.1 Å². The minimum absolute atomic E-state index is 0.0250. The number of hydrogen-bond acceptors (Lipinski definition) is 5. The highest BCUT2D eigenvalue weighted by molar-refractivity contribution is 5.99. The van der Waals surface area contributed by atoms with E-state index in [0.717, 1.165) is 5.56 Å². The molecule has 0 aliphatic heterocycles. The van der Waals surface area contributed by atoms with Gasteiger partial charge in [0.05, 0.1) is 6.54 Å². The smallest absolute Gasteiger partial charge is 0.259 e. The fourth-order valence-electron chi connectivity index (χ4n) is 3.05. The Labute approximate surface area is 171 Å². The zero-order chi connectivity index (χ0) is 21.4. The van der Waals surface area contributed by atoms with Crippen LogP contribution in [0.1, 0.15) is 41.8 Å². The summed E-state index contributed by atoms with van der Waals surface area (Å²) in [6.07, 6.45) is 0.431. The SMILES string of the molecule is Cc1c(O)cccc1C(=O)N[C@@H](CC(C)C)C(=O)N(Cc1ccccc1)NCO. The van der Waals surface area contributed by atoms with E-state index in [1.165, 1.54) is 11.1 Å². The molecule has 4 N–H and O–H groups in total. The number of nitrogens with one attached hydrogen (secondary N) is 2. The van der Waals surface area contributed by atoms with Gasteiger partial charge in [-0.05, 0) is 37.0 Å². The standard InChI is InChI=1S/C22H29N3O4/c1-15(2)12-19(24-21(28)18-10-7-11-20(27)16(18)3)22(29)25(23-14-26)13-17-8-5-4-6-9-17/h4-11,15,19,23,26-27H,12-14H2,1-3H3,(H,24,28)/t19-/m0/s1. The lowest BCUT2D eigenvalue weighted by Crippen LogP contribution is -2.53. The van der Waals surface area contributed by atoms with Crippen molar-refractivity contribution in [2.75, 3.05) is 6.73 Å². The Morgan fingerprint density at radius 1 is 1.07 bits per heavy atom. The second kappa shape index (κ2) is 10.6. The van der Waals surface area contributed by atoms with Gasteiger partial charge in [-0.2, -0.15) is 0 Å². The summed E-state index contributed by atoms with van der Waals surface area (Å²) in [5.74, 6) is -0.594. The van der Waals surface area contributed by atoms with E-state index in [1.807, 2.05) is 44.2 Å². The minimum Gasteiger partial charge on any atom is -0.508 e. The third-order valence-electron chi connectivity index (χ3n) is 4.57. The molecule has 0 fully saturated rings. The van der Waals surface area contributed by atoms with Crippen molar-refractivity contribution in [2.24, 2.45) is 5.92 Å². The number of nitrogens with zero attached hydrogens (tertiary/aromatic N) is 1.